The monoisotopic (exact) mass is 191 g/mol. The molecular formula is C11H13NO2. The number of hydrogen-bond acceptors (Lipinski definition) is 2. The molecule has 1 aliphatic carbocycles. The van der Waals surface area contributed by atoms with Crippen molar-refractivity contribution in [2.75, 3.05) is 5.73 Å². The number of benzene rings is 1. The minimum absolute atomic E-state index is 0.370. The first-order chi connectivity index (χ1) is 6.68. The number of anilines is 1. The van der Waals surface area contributed by atoms with Gasteiger partial charge in [0.05, 0.1) is 5.56 Å². The molecule has 0 saturated heterocycles. The number of nitrogen functional groups attached to an aromatic ring is 1. The van der Waals surface area contributed by atoms with Crippen LogP contribution in [0.4, 0.5) is 5.69 Å². The Morgan fingerprint density at radius 3 is 2.64 bits per heavy atom. The average molecular weight is 191 g/mol. The van der Waals surface area contributed by atoms with Crippen molar-refractivity contribution < 1.29 is 9.90 Å². The molecular weight excluding hydrogens is 178 g/mol. The van der Waals surface area contributed by atoms with E-state index in [4.69, 9.17) is 10.8 Å². The second-order valence-corrected chi connectivity index (χ2v) is 3.78. The van der Waals surface area contributed by atoms with Crippen molar-refractivity contribution in [3.8, 4) is 0 Å². The van der Waals surface area contributed by atoms with Crippen LogP contribution in [-0.2, 0) is 0 Å². The summed E-state index contributed by atoms with van der Waals surface area (Å²) in [5.74, 6) is -0.444. The van der Waals surface area contributed by atoms with Crippen molar-refractivity contribution in [3.05, 3.63) is 29.3 Å². The lowest BCUT2D eigenvalue weighted by Gasteiger charge is -2.27. The van der Waals surface area contributed by atoms with E-state index in [-0.39, 0.29) is 0 Å². The van der Waals surface area contributed by atoms with Crippen LogP contribution in [0.1, 0.15) is 41.1 Å². The van der Waals surface area contributed by atoms with Crippen LogP contribution < -0.4 is 5.73 Å². The molecule has 1 fully saturated rings. The number of hydrogen-bond donors (Lipinski definition) is 2. The lowest BCUT2D eigenvalue weighted by molar-refractivity contribution is 0.0694. The summed E-state index contributed by atoms with van der Waals surface area (Å²) in [6, 6.07) is 5.18. The van der Waals surface area contributed by atoms with Crippen LogP contribution in [0.5, 0.6) is 0 Å². The second kappa shape index (κ2) is 3.33. The van der Waals surface area contributed by atoms with Crippen LogP contribution in [-0.4, -0.2) is 11.1 Å². The Labute approximate surface area is 82.5 Å². The van der Waals surface area contributed by atoms with Gasteiger partial charge in [-0.3, -0.25) is 0 Å². The minimum Gasteiger partial charge on any atom is -0.478 e. The van der Waals surface area contributed by atoms with Gasteiger partial charge < -0.3 is 10.8 Å². The van der Waals surface area contributed by atoms with E-state index in [0.29, 0.717) is 17.2 Å². The van der Waals surface area contributed by atoms with Gasteiger partial charge in [-0.15, -0.1) is 0 Å². The highest BCUT2D eigenvalue weighted by Gasteiger charge is 2.24. The summed E-state index contributed by atoms with van der Waals surface area (Å²) in [6.45, 7) is 0. The third kappa shape index (κ3) is 1.45. The highest BCUT2D eigenvalue weighted by molar-refractivity contribution is 5.90. The number of nitrogens with two attached hydrogens (primary N) is 1. The molecule has 0 spiro atoms. The Bertz CT molecular complexity index is 370. The molecule has 2 rings (SSSR count). The van der Waals surface area contributed by atoms with E-state index in [0.717, 1.165) is 18.4 Å². The van der Waals surface area contributed by atoms with Gasteiger partial charge in [-0.1, -0.05) is 12.5 Å². The van der Waals surface area contributed by atoms with Crippen molar-refractivity contribution in [2.45, 2.75) is 25.2 Å². The molecule has 0 aromatic heterocycles. The summed E-state index contributed by atoms with van der Waals surface area (Å²) in [7, 11) is 0. The smallest absolute Gasteiger partial charge is 0.336 e. The van der Waals surface area contributed by atoms with Crippen LogP contribution in [0.3, 0.4) is 0 Å². The van der Waals surface area contributed by atoms with Crippen LogP contribution in [0.25, 0.3) is 0 Å². The zero-order chi connectivity index (χ0) is 10.1. The van der Waals surface area contributed by atoms with Crippen molar-refractivity contribution >= 4 is 11.7 Å². The third-order valence-corrected chi connectivity index (χ3v) is 2.85. The summed E-state index contributed by atoms with van der Waals surface area (Å²) in [4.78, 5) is 11.0. The number of carboxylic acid groups (broad SMARTS) is 1. The van der Waals surface area contributed by atoms with E-state index in [1.54, 1.807) is 12.1 Å². The zero-order valence-electron chi connectivity index (χ0n) is 7.86. The Kier molecular flexibility index (Phi) is 2.15. The van der Waals surface area contributed by atoms with Gasteiger partial charge in [0.1, 0.15) is 0 Å². The maximum absolute atomic E-state index is 11.0. The van der Waals surface area contributed by atoms with Gasteiger partial charge in [0.25, 0.3) is 0 Å². The normalized spacial score (nSPS) is 16.3. The number of carbonyl (C=O) groups is 1. The molecule has 0 heterocycles. The van der Waals surface area contributed by atoms with E-state index in [1.165, 1.54) is 6.42 Å². The second-order valence-electron chi connectivity index (χ2n) is 3.78. The van der Waals surface area contributed by atoms with Crippen molar-refractivity contribution in [1.82, 2.24) is 0 Å². The van der Waals surface area contributed by atoms with Gasteiger partial charge in [-0.2, -0.15) is 0 Å². The highest BCUT2D eigenvalue weighted by atomic mass is 16.4. The molecule has 1 aromatic rings. The Morgan fingerprint density at radius 1 is 1.43 bits per heavy atom. The molecule has 0 unspecified atom stereocenters. The Morgan fingerprint density at radius 2 is 2.14 bits per heavy atom. The summed E-state index contributed by atoms with van der Waals surface area (Å²) >= 11 is 0. The molecule has 1 aliphatic rings. The fourth-order valence-electron chi connectivity index (χ4n) is 1.83. The molecule has 1 saturated carbocycles. The largest absolute Gasteiger partial charge is 0.478 e. The van der Waals surface area contributed by atoms with Gasteiger partial charge in [0.15, 0.2) is 0 Å². The molecule has 3 nitrogen and oxygen atoms in total. The predicted octanol–water partition coefficient (Wildman–Crippen LogP) is 2.23. The number of rotatable bonds is 2. The zero-order valence-corrected chi connectivity index (χ0v) is 7.86. The topological polar surface area (TPSA) is 63.3 Å². The quantitative estimate of drug-likeness (QED) is 0.704. The van der Waals surface area contributed by atoms with Crippen molar-refractivity contribution in [3.63, 3.8) is 0 Å². The van der Waals surface area contributed by atoms with Crippen LogP contribution in [0, 0.1) is 0 Å². The van der Waals surface area contributed by atoms with E-state index in [9.17, 15) is 4.79 Å². The summed E-state index contributed by atoms with van der Waals surface area (Å²) in [5, 5.41) is 9.00. The lowest BCUT2D eigenvalue weighted by atomic mass is 9.78. The fourth-order valence-corrected chi connectivity index (χ4v) is 1.83. The van der Waals surface area contributed by atoms with Crippen LogP contribution in [0.15, 0.2) is 18.2 Å². The summed E-state index contributed by atoms with van der Waals surface area (Å²) in [6.07, 6.45) is 3.41. The Hall–Kier alpha value is -1.51. The van der Waals surface area contributed by atoms with Gasteiger partial charge in [0, 0.05) is 5.69 Å². The van der Waals surface area contributed by atoms with Crippen molar-refractivity contribution in [2.24, 2.45) is 0 Å². The summed E-state index contributed by atoms with van der Waals surface area (Å²) < 4.78 is 0. The maximum atomic E-state index is 11.0. The van der Waals surface area contributed by atoms with Gasteiger partial charge in [0.2, 0.25) is 0 Å². The minimum atomic E-state index is -0.876. The first-order valence-electron chi connectivity index (χ1n) is 4.81. The van der Waals surface area contributed by atoms with E-state index >= 15 is 0 Å². The predicted molar refractivity (Wildman–Crippen MR) is 54.4 cm³/mol. The summed E-state index contributed by atoms with van der Waals surface area (Å²) in [5.41, 5.74) is 7.39. The fraction of sp³-hybridized carbons (Fsp3) is 0.364. The molecule has 0 radical (unpaired) electrons. The SMILES string of the molecule is Nc1ccc(C2CCC2)c(C(=O)O)c1. The number of carboxylic acids is 1. The Balaban J connectivity index is 2.41. The van der Waals surface area contributed by atoms with Crippen LogP contribution >= 0.6 is 0 Å². The van der Waals surface area contributed by atoms with E-state index < -0.39 is 5.97 Å². The molecule has 0 bridgehead atoms. The average Bonchev–Trinajstić information content (AvgIpc) is 2.04. The third-order valence-electron chi connectivity index (χ3n) is 2.85. The van der Waals surface area contributed by atoms with Gasteiger partial charge in [-0.25, -0.2) is 4.79 Å². The molecule has 1 aromatic carbocycles. The standard InChI is InChI=1S/C11H13NO2/c12-8-4-5-9(7-2-1-3-7)10(6-8)11(13)14/h4-7H,1-3,12H2,(H,13,14). The van der Waals surface area contributed by atoms with Crippen molar-refractivity contribution in [1.29, 1.82) is 0 Å². The van der Waals surface area contributed by atoms with Gasteiger partial charge >= 0.3 is 5.97 Å². The number of aromatic carboxylic acids is 1. The maximum Gasteiger partial charge on any atom is 0.336 e. The molecule has 3 N–H and O–H groups in total. The molecule has 3 heteroatoms. The van der Waals surface area contributed by atoms with Crippen LogP contribution in [0.2, 0.25) is 0 Å². The van der Waals surface area contributed by atoms with Gasteiger partial charge in [-0.05, 0) is 36.5 Å². The van der Waals surface area contributed by atoms with E-state index in [2.05, 4.69) is 0 Å². The molecule has 0 atom stereocenters. The molecule has 14 heavy (non-hydrogen) atoms. The molecule has 74 valence electrons. The first kappa shape index (κ1) is 9.06. The molecule has 0 aliphatic heterocycles. The first-order valence-corrected chi connectivity index (χ1v) is 4.81. The molecule has 0 amide bonds. The highest BCUT2D eigenvalue weighted by Crippen LogP contribution is 2.38. The lowest BCUT2D eigenvalue weighted by Crippen LogP contribution is -2.14. The van der Waals surface area contributed by atoms with E-state index in [1.807, 2.05) is 6.07 Å².